The van der Waals surface area contributed by atoms with Crippen LogP contribution >= 0.6 is 31.9 Å². The van der Waals surface area contributed by atoms with E-state index < -0.39 is 0 Å². The van der Waals surface area contributed by atoms with Crippen LogP contribution in [0, 0.1) is 6.92 Å². The molecule has 1 aliphatic rings. The number of aryl methyl sites for hydroxylation is 1. The molecule has 0 amide bonds. The van der Waals surface area contributed by atoms with Gasteiger partial charge in [-0.25, -0.2) is 0 Å². The highest BCUT2D eigenvalue weighted by Gasteiger charge is 2.31. The molecule has 2 unspecified atom stereocenters. The van der Waals surface area contributed by atoms with Crippen molar-refractivity contribution in [3.05, 3.63) is 23.5 Å². The maximum absolute atomic E-state index is 8.12. The first-order valence-corrected chi connectivity index (χ1v) is 5.85. The summed E-state index contributed by atoms with van der Waals surface area (Å²) >= 11 is 6.90. The standard InChI is InChI=1S/C8H7Br2NO.CO2/c1-4-2-3-5-7(11-4)6(9)8(10)12-5;2-1-3/h2-3,6,8H,1H3;. The van der Waals surface area contributed by atoms with Gasteiger partial charge >= 0.3 is 6.15 Å². The highest BCUT2D eigenvalue weighted by atomic mass is 79.9. The lowest BCUT2D eigenvalue weighted by Crippen LogP contribution is -2.04. The maximum atomic E-state index is 8.12. The number of hydrogen-bond donors (Lipinski definition) is 0. The van der Waals surface area contributed by atoms with Crippen molar-refractivity contribution in [2.24, 2.45) is 0 Å². The zero-order valence-electron chi connectivity index (χ0n) is 7.74. The molecule has 80 valence electrons. The predicted molar refractivity (Wildman–Crippen MR) is 59.0 cm³/mol. The van der Waals surface area contributed by atoms with Crippen LogP contribution in [0.25, 0.3) is 0 Å². The van der Waals surface area contributed by atoms with Crippen molar-refractivity contribution in [2.45, 2.75) is 16.8 Å². The minimum Gasteiger partial charge on any atom is -0.476 e. The van der Waals surface area contributed by atoms with Crippen molar-refractivity contribution in [2.75, 3.05) is 0 Å². The van der Waals surface area contributed by atoms with Gasteiger partial charge in [-0.2, -0.15) is 9.59 Å². The molecule has 0 fully saturated rings. The molecule has 2 atom stereocenters. The largest absolute Gasteiger partial charge is 0.476 e. The SMILES string of the molecule is Cc1ccc2c(n1)C(Br)C(Br)O2.O=C=O. The van der Waals surface area contributed by atoms with Crippen LogP contribution in [0.2, 0.25) is 0 Å². The second-order valence-corrected chi connectivity index (χ2v) is 4.68. The number of nitrogens with zero attached hydrogens (tertiary/aromatic N) is 1. The van der Waals surface area contributed by atoms with Crippen LogP contribution < -0.4 is 4.74 Å². The summed E-state index contributed by atoms with van der Waals surface area (Å²) in [5, 5.41) is 0.00167. The molecule has 0 saturated heterocycles. The summed E-state index contributed by atoms with van der Waals surface area (Å²) in [5.74, 6) is 0.865. The monoisotopic (exact) mass is 335 g/mol. The Labute approximate surface area is 103 Å². The van der Waals surface area contributed by atoms with E-state index in [9.17, 15) is 0 Å². The number of rotatable bonds is 0. The Balaban J connectivity index is 0.000000337. The first-order valence-electron chi connectivity index (χ1n) is 4.01. The summed E-state index contributed by atoms with van der Waals surface area (Å²) in [4.78, 5) is 20.8. The van der Waals surface area contributed by atoms with E-state index in [1.54, 1.807) is 0 Å². The molecule has 0 aromatic carbocycles. The van der Waals surface area contributed by atoms with Crippen LogP contribution in [0.15, 0.2) is 12.1 Å². The second-order valence-electron chi connectivity index (χ2n) is 2.79. The van der Waals surface area contributed by atoms with Gasteiger partial charge in [-0.15, -0.1) is 0 Å². The third kappa shape index (κ3) is 2.87. The van der Waals surface area contributed by atoms with Crippen molar-refractivity contribution >= 4 is 38.0 Å². The third-order valence-electron chi connectivity index (χ3n) is 1.76. The molecule has 2 rings (SSSR count). The average Bonchev–Trinajstić information content (AvgIpc) is 2.46. The topological polar surface area (TPSA) is 56.3 Å². The Hall–Kier alpha value is -0.710. The van der Waals surface area contributed by atoms with Gasteiger partial charge in [0.1, 0.15) is 16.3 Å². The first kappa shape index (κ1) is 12.4. The van der Waals surface area contributed by atoms with Gasteiger partial charge in [0.25, 0.3) is 0 Å². The van der Waals surface area contributed by atoms with Crippen LogP contribution in [0.1, 0.15) is 16.2 Å². The maximum Gasteiger partial charge on any atom is 0.373 e. The van der Waals surface area contributed by atoms with E-state index >= 15 is 0 Å². The van der Waals surface area contributed by atoms with E-state index in [0.717, 1.165) is 17.1 Å². The molecule has 0 N–H and O–H groups in total. The van der Waals surface area contributed by atoms with E-state index in [1.165, 1.54) is 0 Å². The van der Waals surface area contributed by atoms with E-state index in [0.29, 0.717) is 0 Å². The fourth-order valence-electron chi connectivity index (χ4n) is 1.17. The molecule has 0 spiro atoms. The highest BCUT2D eigenvalue weighted by molar-refractivity contribution is 9.12. The summed E-state index contributed by atoms with van der Waals surface area (Å²) in [6.07, 6.45) is 0.250. The number of pyridine rings is 1. The Morgan fingerprint density at radius 2 is 2.00 bits per heavy atom. The number of fused-ring (bicyclic) bond motifs is 1. The first-order chi connectivity index (χ1) is 7.10. The predicted octanol–water partition coefficient (Wildman–Crippen LogP) is 2.36. The Kier molecular flexibility index (Phi) is 4.45. The van der Waals surface area contributed by atoms with E-state index in [4.69, 9.17) is 14.3 Å². The summed E-state index contributed by atoms with van der Waals surface area (Å²) in [5.41, 5.74) is 2.00. The molecule has 0 radical (unpaired) electrons. The Bertz CT molecular complexity index is 391. The van der Waals surface area contributed by atoms with Crippen molar-refractivity contribution in [1.82, 2.24) is 4.98 Å². The molecular formula is C9H7Br2NO3. The number of aromatic nitrogens is 1. The molecule has 1 aromatic heterocycles. The second kappa shape index (κ2) is 5.39. The average molecular weight is 337 g/mol. The zero-order valence-corrected chi connectivity index (χ0v) is 10.9. The van der Waals surface area contributed by atoms with Crippen molar-refractivity contribution < 1.29 is 14.3 Å². The van der Waals surface area contributed by atoms with Gasteiger partial charge in [0.15, 0.2) is 5.01 Å². The van der Waals surface area contributed by atoms with Crippen molar-refractivity contribution in [3.8, 4) is 5.75 Å². The minimum absolute atomic E-state index is 0.00167. The highest BCUT2D eigenvalue weighted by Crippen LogP contribution is 2.42. The molecule has 15 heavy (non-hydrogen) atoms. The molecule has 0 bridgehead atoms. The summed E-state index contributed by atoms with van der Waals surface area (Å²) in [6, 6.07) is 3.90. The quantitative estimate of drug-likeness (QED) is 0.682. The number of carbonyl (C=O) groups excluding carboxylic acids is 2. The summed E-state index contributed by atoms with van der Waals surface area (Å²) in [6.45, 7) is 1.97. The third-order valence-corrected chi connectivity index (χ3v) is 4.09. The lowest BCUT2D eigenvalue weighted by molar-refractivity contribution is -0.191. The van der Waals surface area contributed by atoms with Crippen molar-refractivity contribution in [3.63, 3.8) is 0 Å². The molecule has 4 nitrogen and oxygen atoms in total. The number of halogens is 2. The van der Waals surface area contributed by atoms with Crippen LogP contribution in [-0.2, 0) is 9.59 Å². The normalized spacial score (nSPS) is 21.8. The lowest BCUT2D eigenvalue weighted by atomic mass is 10.2. The van der Waals surface area contributed by atoms with Crippen LogP contribution in [-0.4, -0.2) is 16.1 Å². The van der Waals surface area contributed by atoms with Crippen LogP contribution in [0.5, 0.6) is 5.75 Å². The van der Waals surface area contributed by atoms with Gasteiger partial charge in [0, 0.05) is 5.69 Å². The molecule has 2 heterocycles. The number of hydrogen-bond acceptors (Lipinski definition) is 4. The van der Waals surface area contributed by atoms with E-state index in [1.807, 2.05) is 19.1 Å². The fourth-order valence-corrected chi connectivity index (χ4v) is 2.05. The smallest absolute Gasteiger partial charge is 0.373 e. The number of ether oxygens (including phenoxy) is 1. The van der Waals surface area contributed by atoms with E-state index in [-0.39, 0.29) is 16.0 Å². The van der Waals surface area contributed by atoms with Gasteiger partial charge < -0.3 is 4.74 Å². The van der Waals surface area contributed by atoms with Gasteiger partial charge in [0.05, 0.1) is 0 Å². The summed E-state index contributed by atoms with van der Waals surface area (Å²) in [7, 11) is 0. The molecule has 1 aromatic rings. The molecule has 1 aliphatic heterocycles. The Morgan fingerprint density at radius 1 is 1.40 bits per heavy atom. The molecule has 0 aliphatic carbocycles. The van der Waals surface area contributed by atoms with Gasteiger partial charge in [-0.1, -0.05) is 15.9 Å². The van der Waals surface area contributed by atoms with Gasteiger partial charge in [-0.05, 0) is 35.0 Å². The van der Waals surface area contributed by atoms with Crippen LogP contribution in [0.3, 0.4) is 0 Å². The van der Waals surface area contributed by atoms with Crippen LogP contribution in [0.4, 0.5) is 0 Å². The fraction of sp³-hybridized carbons (Fsp3) is 0.333. The number of alkyl halides is 2. The zero-order chi connectivity index (χ0) is 11.4. The van der Waals surface area contributed by atoms with Crippen molar-refractivity contribution in [1.29, 1.82) is 0 Å². The van der Waals surface area contributed by atoms with E-state index in [2.05, 4.69) is 36.8 Å². The summed E-state index contributed by atoms with van der Waals surface area (Å²) < 4.78 is 5.48. The molecule has 6 heteroatoms. The molecule has 0 saturated carbocycles. The van der Waals surface area contributed by atoms with Gasteiger partial charge in [0.2, 0.25) is 0 Å². The minimum atomic E-state index is 0.00167. The molecular weight excluding hydrogens is 330 g/mol. The van der Waals surface area contributed by atoms with Gasteiger partial charge in [-0.3, -0.25) is 4.98 Å². The lowest BCUT2D eigenvalue weighted by Gasteiger charge is -2.02. The Morgan fingerprint density at radius 3 is 2.60 bits per heavy atom.